The van der Waals surface area contributed by atoms with Gasteiger partial charge in [0.15, 0.2) is 0 Å². The molecule has 0 aliphatic rings. The molecule has 0 aliphatic heterocycles. The molecule has 0 unspecified atom stereocenters. The van der Waals surface area contributed by atoms with Crippen LogP contribution in [0.2, 0.25) is 0 Å². The average molecular weight is 224 g/mol. The molecule has 0 aliphatic carbocycles. The lowest BCUT2D eigenvalue weighted by atomic mass is 10.3. The summed E-state index contributed by atoms with van der Waals surface area (Å²) in [6, 6.07) is 1.54. The lowest BCUT2D eigenvalue weighted by molar-refractivity contribution is 0.707. The van der Waals surface area contributed by atoms with Gasteiger partial charge in [0.1, 0.15) is 11.6 Å². The number of anilines is 1. The summed E-state index contributed by atoms with van der Waals surface area (Å²) in [5.41, 5.74) is 5.40. The molecule has 0 aromatic carbocycles. The van der Waals surface area contributed by atoms with E-state index in [4.69, 9.17) is 5.73 Å². The lowest BCUT2D eigenvalue weighted by Crippen LogP contribution is -2.29. The largest absolute Gasteiger partial charge is 0.356 e. The van der Waals surface area contributed by atoms with Crippen molar-refractivity contribution in [3.63, 3.8) is 0 Å². The molecule has 0 fully saturated rings. The molecule has 0 bridgehead atoms. The van der Waals surface area contributed by atoms with Gasteiger partial charge in [0.05, 0.1) is 0 Å². The maximum atomic E-state index is 11.3. The monoisotopic (exact) mass is 224 g/mol. The van der Waals surface area contributed by atoms with Crippen LogP contribution in [0.15, 0.2) is 10.9 Å². The predicted molar refractivity (Wildman–Crippen MR) is 65.8 cm³/mol. The number of aryl methyl sites for hydroxylation is 1. The predicted octanol–water partition coefficient (Wildman–Crippen LogP) is 0.644. The average Bonchev–Trinajstić information content (AvgIpc) is 2.22. The molecule has 0 spiro atoms. The van der Waals surface area contributed by atoms with E-state index in [2.05, 4.69) is 21.8 Å². The molecule has 0 amide bonds. The highest BCUT2D eigenvalue weighted by molar-refractivity contribution is 5.37. The molecule has 16 heavy (non-hydrogen) atoms. The number of hydrogen-bond acceptors (Lipinski definition) is 4. The summed E-state index contributed by atoms with van der Waals surface area (Å²) in [5, 5.41) is 0. The van der Waals surface area contributed by atoms with Gasteiger partial charge in [0.2, 0.25) is 0 Å². The van der Waals surface area contributed by atoms with E-state index >= 15 is 0 Å². The Labute approximate surface area is 95.7 Å². The summed E-state index contributed by atoms with van der Waals surface area (Å²) in [4.78, 5) is 20.4. The third-order valence-electron chi connectivity index (χ3n) is 2.30. The standard InChI is InChI=1S/C11H20N4O/c1-3-6-15(7-4-5-12)10-8-11(16)14-9(2)13-10/h8H,3-7,12H2,1-2H3,(H,13,14,16). The summed E-state index contributed by atoms with van der Waals surface area (Å²) in [5.74, 6) is 1.40. The van der Waals surface area contributed by atoms with E-state index in [1.165, 1.54) is 0 Å². The van der Waals surface area contributed by atoms with Gasteiger partial charge in [0.25, 0.3) is 5.56 Å². The fraction of sp³-hybridized carbons (Fsp3) is 0.636. The molecule has 1 aromatic rings. The maximum Gasteiger partial charge on any atom is 0.252 e. The Morgan fingerprint density at radius 3 is 2.81 bits per heavy atom. The zero-order valence-electron chi connectivity index (χ0n) is 9.99. The van der Waals surface area contributed by atoms with Crippen LogP contribution in [-0.2, 0) is 0 Å². The SMILES string of the molecule is CCCN(CCCN)c1cc(=O)[nH]c(C)n1. The van der Waals surface area contributed by atoms with Crippen molar-refractivity contribution in [2.75, 3.05) is 24.5 Å². The summed E-state index contributed by atoms with van der Waals surface area (Å²) < 4.78 is 0. The summed E-state index contributed by atoms with van der Waals surface area (Å²) in [6.07, 6.45) is 1.94. The Balaban J connectivity index is 2.86. The number of nitrogens with zero attached hydrogens (tertiary/aromatic N) is 2. The van der Waals surface area contributed by atoms with E-state index in [0.29, 0.717) is 12.4 Å². The van der Waals surface area contributed by atoms with Gasteiger partial charge in [-0.15, -0.1) is 0 Å². The van der Waals surface area contributed by atoms with E-state index in [1.54, 1.807) is 13.0 Å². The third-order valence-corrected chi connectivity index (χ3v) is 2.30. The number of hydrogen-bond donors (Lipinski definition) is 2. The van der Waals surface area contributed by atoms with E-state index < -0.39 is 0 Å². The Morgan fingerprint density at radius 1 is 1.50 bits per heavy atom. The Morgan fingerprint density at radius 2 is 2.25 bits per heavy atom. The van der Waals surface area contributed by atoms with E-state index in [0.717, 1.165) is 31.7 Å². The molecule has 1 rings (SSSR count). The molecular weight excluding hydrogens is 204 g/mol. The van der Waals surface area contributed by atoms with Gasteiger partial charge in [0, 0.05) is 19.2 Å². The van der Waals surface area contributed by atoms with Crippen LogP contribution in [-0.4, -0.2) is 29.6 Å². The second-order valence-corrected chi connectivity index (χ2v) is 3.82. The van der Waals surface area contributed by atoms with Crippen molar-refractivity contribution in [3.8, 4) is 0 Å². The highest BCUT2D eigenvalue weighted by Crippen LogP contribution is 2.08. The van der Waals surface area contributed by atoms with Gasteiger partial charge in [-0.1, -0.05) is 6.92 Å². The minimum absolute atomic E-state index is 0.101. The first-order valence-electron chi connectivity index (χ1n) is 5.70. The normalized spacial score (nSPS) is 10.4. The summed E-state index contributed by atoms with van der Waals surface area (Å²) >= 11 is 0. The smallest absolute Gasteiger partial charge is 0.252 e. The van der Waals surface area contributed by atoms with E-state index in [1.807, 2.05) is 0 Å². The molecular formula is C11H20N4O. The number of H-pyrrole nitrogens is 1. The third kappa shape index (κ3) is 3.66. The highest BCUT2D eigenvalue weighted by Gasteiger charge is 2.07. The zero-order chi connectivity index (χ0) is 12.0. The van der Waals surface area contributed by atoms with E-state index in [-0.39, 0.29) is 5.56 Å². The Bertz CT molecular complexity index is 374. The fourth-order valence-corrected chi connectivity index (χ4v) is 1.62. The van der Waals surface area contributed by atoms with Crippen molar-refractivity contribution in [1.29, 1.82) is 0 Å². The van der Waals surface area contributed by atoms with Crippen LogP contribution in [0.4, 0.5) is 5.82 Å². The number of aromatic nitrogens is 2. The Hall–Kier alpha value is -1.36. The van der Waals surface area contributed by atoms with Crippen LogP contribution in [0, 0.1) is 6.92 Å². The van der Waals surface area contributed by atoms with Gasteiger partial charge in [-0.3, -0.25) is 4.79 Å². The highest BCUT2D eigenvalue weighted by atomic mass is 16.1. The molecule has 3 N–H and O–H groups in total. The maximum absolute atomic E-state index is 11.3. The van der Waals surface area contributed by atoms with Crippen LogP contribution in [0.1, 0.15) is 25.6 Å². The quantitative estimate of drug-likeness (QED) is 0.743. The molecule has 0 saturated carbocycles. The van der Waals surface area contributed by atoms with Gasteiger partial charge in [-0.05, 0) is 26.3 Å². The van der Waals surface area contributed by atoms with Crippen molar-refractivity contribution < 1.29 is 0 Å². The van der Waals surface area contributed by atoms with Crippen LogP contribution < -0.4 is 16.2 Å². The van der Waals surface area contributed by atoms with Crippen LogP contribution in [0.25, 0.3) is 0 Å². The van der Waals surface area contributed by atoms with E-state index in [9.17, 15) is 4.79 Å². The first-order chi connectivity index (χ1) is 7.67. The first kappa shape index (κ1) is 12.7. The molecule has 1 heterocycles. The lowest BCUT2D eigenvalue weighted by Gasteiger charge is -2.22. The van der Waals surface area contributed by atoms with Crippen molar-refractivity contribution in [3.05, 3.63) is 22.2 Å². The topological polar surface area (TPSA) is 75.0 Å². The van der Waals surface area contributed by atoms with Gasteiger partial charge in [-0.25, -0.2) is 4.98 Å². The number of rotatable bonds is 6. The minimum Gasteiger partial charge on any atom is -0.356 e. The fourth-order valence-electron chi connectivity index (χ4n) is 1.62. The number of aromatic amines is 1. The molecule has 1 aromatic heterocycles. The zero-order valence-corrected chi connectivity index (χ0v) is 9.99. The molecule has 0 atom stereocenters. The molecule has 5 nitrogen and oxygen atoms in total. The minimum atomic E-state index is -0.101. The van der Waals surface area contributed by atoms with Crippen molar-refractivity contribution in [1.82, 2.24) is 9.97 Å². The van der Waals surface area contributed by atoms with Crippen molar-refractivity contribution in [2.45, 2.75) is 26.7 Å². The molecule has 5 heteroatoms. The first-order valence-corrected chi connectivity index (χ1v) is 5.70. The van der Waals surface area contributed by atoms with Gasteiger partial charge < -0.3 is 15.6 Å². The van der Waals surface area contributed by atoms with Gasteiger partial charge in [-0.2, -0.15) is 0 Å². The molecule has 0 radical (unpaired) electrons. The van der Waals surface area contributed by atoms with Crippen molar-refractivity contribution >= 4 is 5.82 Å². The van der Waals surface area contributed by atoms with Crippen LogP contribution in [0.3, 0.4) is 0 Å². The molecule has 0 saturated heterocycles. The number of nitrogens with two attached hydrogens (primary N) is 1. The molecule has 90 valence electrons. The van der Waals surface area contributed by atoms with Crippen molar-refractivity contribution in [2.24, 2.45) is 5.73 Å². The second-order valence-electron chi connectivity index (χ2n) is 3.82. The Kier molecular flexibility index (Phi) is 4.98. The van der Waals surface area contributed by atoms with Crippen LogP contribution in [0.5, 0.6) is 0 Å². The summed E-state index contributed by atoms with van der Waals surface area (Å²) in [6.45, 7) is 6.30. The summed E-state index contributed by atoms with van der Waals surface area (Å²) in [7, 11) is 0. The second kappa shape index (κ2) is 6.27. The van der Waals surface area contributed by atoms with Crippen LogP contribution >= 0.6 is 0 Å². The number of nitrogens with one attached hydrogen (secondary N) is 1. The van der Waals surface area contributed by atoms with Gasteiger partial charge >= 0.3 is 0 Å².